The number of alkyl halides is 3. The van der Waals surface area contributed by atoms with E-state index in [-0.39, 0.29) is 18.2 Å². The molecule has 0 saturated carbocycles. The van der Waals surface area contributed by atoms with Gasteiger partial charge in [-0.05, 0) is 49.7 Å². The van der Waals surface area contributed by atoms with Gasteiger partial charge in [0, 0.05) is 35.0 Å². The van der Waals surface area contributed by atoms with Crippen LogP contribution in [-0.4, -0.2) is 34.4 Å². The predicted molar refractivity (Wildman–Crippen MR) is 118 cm³/mol. The number of hydrogen-bond acceptors (Lipinski definition) is 4. The highest BCUT2D eigenvalue weighted by molar-refractivity contribution is 6.11. The molecule has 0 unspecified atom stereocenters. The molecule has 0 radical (unpaired) electrons. The molecular formula is C25H23F3N2O3. The normalized spacial score (nSPS) is 13.9. The number of amides is 1. The van der Waals surface area contributed by atoms with Crippen LogP contribution in [0.25, 0.3) is 11.3 Å². The van der Waals surface area contributed by atoms with Gasteiger partial charge in [0.1, 0.15) is 5.75 Å². The smallest absolute Gasteiger partial charge is 0.422 e. The molecule has 8 heteroatoms. The summed E-state index contributed by atoms with van der Waals surface area (Å²) in [5, 5.41) is 10.0. The average molecular weight is 456 g/mol. The Kier molecular flexibility index (Phi) is 5.88. The number of rotatable bonds is 6. The van der Waals surface area contributed by atoms with E-state index in [0.29, 0.717) is 34.5 Å². The van der Waals surface area contributed by atoms with E-state index in [1.54, 1.807) is 43.0 Å². The minimum absolute atomic E-state index is 0.0533. The first-order valence-electron chi connectivity index (χ1n) is 10.4. The lowest BCUT2D eigenvalue weighted by atomic mass is 9.98. The molecule has 1 aliphatic heterocycles. The maximum Gasteiger partial charge on any atom is 0.422 e. The number of carbonyl (C=O) groups is 1. The molecule has 0 bridgehead atoms. The second-order valence-corrected chi connectivity index (χ2v) is 8.63. The molecule has 172 valence electrons. The summed E-state index contributed by atoms with van der Waals surface area (Å²) in [6.07, 6.45) is -2.52. The van der Waals surface area contributed by atoms with Crippen molar-refractivity contribution in [2.45, 2.75) is 38.6 Å². The largest absolute Gasteiger partial charge is 0.483 e. The molecule has 2 heterocycles. The van der Waals surface area contributed by atoms with Crippen molar-refractivity contribution in [1.82, 2.24) is 4.98 Å². The summed E-state index contributed by atoms with van der Waals surface area (Å²) in [4.78, 5) is 19.1. The maximum atomic E-state index is 13.1. The molecule has 4 rings (SSSR count). The van der Waals surface area contributed by atoms with Crippen LogP contribution in [0, 0.1) is 0 Å². The van der Waals surface area contributed by atoms with E-state index in [0.717, 1.165) is 5.56 Å². The van der Waals surface area contributed by atoms with Crippen molar-refractivity contribution in [3.63, 3.8) is 0 Å². The minimum Gasteiger partial charge on any atom is -0.483 e. The molecule has 0 spiro atoms. The van der Waals surface area contributed by atoms with Crippen molar-refractivity contribution in [2.75, 3.05) is 11.5 Å². The first-order valence-corrected chi connectivity index (χ1v) is 10.4. The maximum absolute atomic E-state index is 13.1. The number of ether oxygens (including phenoxy) is 1. The second kappa shape index (κ2) is 8.51. The molecule has 0 fully saturated rings. The first kappa shape index (κ1) is 22.8. The first-order chi connectivity index (χ1) is 15.5. The molecule has 1 N–H and O–H groups in total. The molecule has 1 aromatic heterocycles. The van der Waals surface area contributed by atoms with E-state index in [1.165, 1.54) is 12.3 Å². The minimum atomic E-state index is -4.47. The summed E-state index contributed by atoms with van der Waals surface area (Å²) in [6.45, 7) is 2.27. The third kappa shape index (κ3) is 5.17. The number of aliphatic hydroxyl groups is 1. The van der Waals surface area contributed by atoms with E-state index >= 15 is 0 Å². The fourth-order valence-electron chi connectivity index (χ4n) is 3.91. The lowest BCUT2D eigenvalue weighted by molar-refractivity contribution is -0.153. The molecule has 0 saturated heterocycles. The fraction of sp³-hybridized carbons (Fsp3) is 0.280. The molecule has 0 atom stereocenters. The van der Waals surface area contributed by atoms with Crippen molar-refractivity contribution in [1.29, 1.82) is 0 Å². The SMILES string of the molecule is CC(C)(O)Cc1ccc(N2Cc3c(ccnc3-c3ccccc3OCC(F)(F)F)C2=O)cc1. The van der Waals surface area contributed by atoms with E-state index in [2.05, 4.69) is 4.98 Å². The van der Waals surface area contributed by atoms with E-state index < -0.39 is 18.4 Å². The Hall–Kier alpha value is -3.39. The number of para-hydroxylation sites is 1. The summed E-state index contributed by atoms with van der Waals surface area (Å²) < 4.78 is 43.1. The van der Waals surface area contributed by atoms with E-state index in [9.17, 15) is 23.1 Å². The Morgan fingerprint density at radius 1 is 1.03 bits per heavy atom. The fourth-order valence-corrected chi connectivity index (χ4v) is 3.91. The number of nitrogens with zero attached hydrogens (tertiary/aromatic N) is 2. The van der Waals surface area contributed by atoms with Gasteiger partial charge in [-0.15, -0.1) is 0 Å². The molecular weight excluding hydrogens is 433 g/mol. The number of benzene rings is 2. The van der Waals surface area contributed by atoms with Gasteiger partial charge in [-0.3, -0.25) is 9.78 Å². The van der Waals surface area contributed by atoms with Crippen LogP contribution in [-0.2, 0) is 13.0 Å². The van der Waals surface area contributed by atoms with Gasteiger partial charge in [0.25, 0.3) is 5.91 Å². The number of fused-ring (bicyclic) bond motifs is 1. The van der Waals surface area contributed by atoms with E-state index in [1.807, 2.05) is 24.3 Å². The summed E-state index contributed by atoms with van der Waals surface area (Å²) in [7, 11) is 0. The highest BCUT2D eigenvalue weighted by Crippen LogP contribution is 2.38. The number of pyridine rings is 1. The number of carbonyl (C=O) groups excluding carboxylic acids is 1. The topological polar surface area (TPSA) is 62.7 Å². The van der Waals surface area contributed by atoms with Crippen LogP contribution < -0.4 is 9.64 Å². The Balaban J connectivity index is 1.64. The third-order valence-corrected chi connectivity index (χ3v) is 5.27. The Labute approximate surface area is 189 Å². The zero-order chi connectivity index (χ0) is 23.8. The van der Waals surface area contributed by atoms with Gasteiger partial charge >= 0.3 is 6.18 Å². The van der Waals surface area contributed by atoms with Crippen LogP contribution in [0.5, 0.6) is 5.75 Å². The summed E-state index contributed by atoms with van der Waals surface area (Å²) in [5.74, 6) is -0.157. The van der Waals surface area contributed by atoms with Crippen LogP contribution in [0.3, 0.4) is 0 Å². The summed E-state index contributed by atoms with van der Waals surface area (Å²) in [5.41, 5.74) is 2.67. The van der Waals surface area contributed by atoms with Gasteiger partial charge in [0.05, 0.1) is 17.8 Å². The molecule has 0 aliphatic carbocycles. The number of halogens is 3. The van der Waals surface area contributed by atoms with Crippen LogP contribution in [0.4, 0.5) is 18.9 Å². The monoisotopic (exact) mass is 456 g/mol. The van der Waals surface area contributed by atoms with Gasteiger partial charge in [-0.25, -0.2) is 0 Å². The highest BCUT2D eigenvalue weighted by atomic mass is 19.4. The third-order valence-electron chi connectivity index (χ3n) is 5.27. The molecule has 33 heavy (non-hydrogen) atoms. The van der Waals surface area contributed by atoms with Crippen molar-refractivity contribution in [2.24, 2.45) is 0 Å². The van der Waals surface area contributed by atoms with Crippen molar-refractivity contribution in [3.8, 4) is 17.0 Å². The number of aromatic nitrogens is 1. The Bertz CT molecular complexity index is 1170. The van der Waals surface area contributed by atoms with Crippen LogP contribution in [0.1, 0.15) is 35.3 Å². The highest BCUT2D eigenvalue weighted by Gasteiger charge is 2.33. The molecule has 5 nitrogen and oxygen atoms in total. The van der Waals surface area contributed by atoms with Crippen molar-refractivity contribution in [3.05, 3.63) is 77.5 Å². The van der Waals surface area contributed by atoms with Gasteiger partial charge < -0.3 is 14.7 Å². The lowest BCUT2D eigenvalue weighted by Crippen LogP contribution is -2.23. The average Bonchev–Trinajstić information content (AvgIpc) is 3.08. The molecule has 1 aliphatic rings. The van der Waals surface area contributed by atoms with Gasteiger partial charge in [0.15, 0.2) is 6.61 Å². The standard InChI is InChI=1S/C25H23F3N2O3/c1-24(2,32)13-16-7-9-17(10-8-16)30-14-20-18(23(30)31)11-12-29-22(20)19-5-3-4-6-21(19)33-15-25(26,27)28/h3-12,32H,13-15H2,1-2H3. The Morgan fingerprint density at radius 2 is 1.73 bits per heavy atom. The van der Waals surface area contributed by atoms with Crippen molar-refractivity contribution >= 4 is 11.6 Å². The zero-order valence-corrected chi connectivity index (χ0v) is 18.2. The summed E-state index contributed by atoms with van der Waals surface area (Å²) in [6, 6.07) is 15.3. The number of hydrogen-bond donors (Lipinski definition) is 1. The van der Waals surface area contributed by atoms with E-state index in [4.69, 9.17) is 4.74 Å². The van der Waals surface area contributed by atoms with Crippen LogP contribution in [0.15, 0.2) is 60.8 Å². The second-order valence-electron chi connectivity index (χ2n) is 8.63. The quantitative estimate of drug-likeness (QED) is 0.556. The molecule has 3 aromatic rings. The van der Waals surface area contributed by atoms with Gasteiger partial charge in [-0.1, -0.05) is 24.3 Å². The Morgan fingerprint density at radius 3 is 2.39 bits per heavy atom. The number of anilines is 1. The van der Waals surface area contributed by atoms with Crippen LogP contribution in [0.2, 0.25) is 0 Å². The predicted octanol–water partition coefficient (Wildman–Crippen LogP) is 5.16. The summed E-state index contributed by atoms with van der Waals surface area (Å²) >= 11 is 0. The van der Waals surface area contributed by atoms with Crippen LogP contribution >= 0.6 is 0 Å². The zero-order valence-electron chi connectivity index (χ0n) is 18.2. The van der Waals surface area contributed by atoms with Gasteiger partial charge in [0.2, 0.25) is 0 Å². The van der Waals surface area contributed by atoms with Gasteiger partial charge in [-0.2, -0.15) is 13.2 Å². The van der Waals surface area contributed by atoms with Crippen molar-refractivity contribution < 1.29 is 27.8 Å². The molecule has 1 amide bonds. The lowest BCUT2D eigenvalue weighted by Gasteiger charge is -2.19. The molecule has 2 aromatic carbocycles.